The number of hydrogen-bond acceptors (Lipinski definition) is 3. The van der Waals surface area contributed by atoms with Crippen molar-refractivity contribution in [3.63, 3.8) is 0 Å². The maximum atomic E-state index is 10.6. The van der Waals surface area contributed by atoms with Crippen LogP contribution in [0.4, 0.5) is 0 Å². The topological polar surface area (TPSA) is 77.8 Å². The van der Waals surface area contributed by atoms with Crippen LogP contribution in [0.5, 0.6) is 11.5 Å². The summed E-state index contributed by atoms with van der Waals surface area (Å²) in [5.41, 5.74) is 3.16. The van der Waals surface area contributed by atoms with Crippen molar-refractivity contribution in [2.24, 2.45) is 5.92 Å². The summed E-state index contributed by atoms with van der Waals surface area (Å²) in [6.45, 7) is 8.04. The molecule has 1 aliphatic rings. The van der Waals surface area contributed by atoms with Gasteiger partial charge in [-0.1, -0.05) is 23.8 Å². The number of phenols is 2. The van der Waals surface area contributed by atoms with Crippen LogP contribution in [0, 0.1) is 5.92 Å². The fourth-order valence-electron chi connectivity index (χ4n) is 3.16. The van der Waals surface area contributed by atoms with Crippen LogP contribution in [0.1, 0.15) is 43.7 Å². The molecule has 0 heterocycles. The first-order chi connectivity index (χ1) is 10.8. The van der Waals surface area contributed by atoms with E-state index >= 15 is 0 Å². The lowest BCUT2D eigenvalue weighted by Crippen LogP contribution is -2.17. The minimum Gasteiger partial charge on any atom is -0.507 e. The predicted molar refractivity (Wildman–Crippen MR) is 90.5 cm³/mol. The Labute approximate surface area is 136 Å². The van der Waals surface area contributed by atoms with Gasteiger partial charge in [0.15, 0.2) is 0 Å². The molecule has 0 saturated carbocycles. The van der Waals surface area contributed by atoms with Gasteiger partial charge in [0.1, 0.15) is 11.5 Å². The molecule has 1 aromatic rings. The molecule has 0 fully saturated rings. The SMILES string of the molecule is C=C(C)[C@@H]1CCC(C)=C[C@H]1c1c(O)cc(/C=C\C(=O)O)cc1O. The first kappa shape index (κ1) is 16.9. The number of benzene rings is 1. The number of carboxylic acids is 1. The highest BCUT2D eigenvalue weighted by Crippen LogP contribution is 2.46. The van der Waals surface area contributed by atoms with Crippen LogP contribution in [0.25, 0.3) is 6.08 Å². The summed E-state index contributed by atoms with van der Waals surface area (Å²) in [7, 11) is 0. The third kappa shape index (κ3) is 3.83. The molecular formula is C19H22O4. The van der Waals surface area contributed by atoms with Crippen molar-refractivity contribution in [2.45, 2.75) is 32.6 Å². The van der Waals surface area contributed by atoms with Crippen LogP contribution < -0.4 is 0 Å². The Hall–Kier alpha value is -2.49. The molecule has 0 spiro atoms. The number of hydrogen-bond donors (Lipinski definition) is 3. The number of aromatic hydroxyl groups is 2. The number of rotatable bonds is 4. The number of carbonyl (C=O) groups is 1. The highest BCUT2D eigenvalue weighted by atomic mass is 16.4. The van der Waals surface area contributed by atoms with E-state index in [1.807, 2.05) is 13.8 Å². The largest absolute Gasteiger partial charge is 0.507 e. The molecule has 2 atom stereocenters. The molecule has 4 heteroatoms. The van der Waals surface area contributed by atoms with Gasteiger partial charge < -0.3 is 15.3 Å². The first-order valence-electron chi connectivity index (χ1n) is 7.59. The molecule has 23 heavy (non-hydrogen) atoms. The summed E-state index contributed by atoms with van der Waals surface area (Å²) in [6, 6.07) is 2.95. The van der Waals surface area contributed by atoms with Gasteiger partial charge in [0, 0.05) is 17.6 Å². The van der Waals surface area contributed by atoms with E-state index in [4.69, 9.17) is 5.11 Å². The minimum atomic E-state index is -1.08. The summed E-state index contributed by atoms with van der Waals surface area (Å²) < 4.78 is 0. The van der Waals surface area contributed by atoms with Gasteiger partial charge in [0.25, 0.3) is 0 Å². The third-order valence-electron chi connectivity index (χ3n) is 4.29. The third-order valence-corrected chi connectivity index (χ3v) is 4.29. The normalized spacial score (nSPS) is 21.2. The Bertz CT molecular complexity index is 674. The van der Waals surface area contributed by atoms with Crippen LogP contribution in [0.2, 0.25) is 0 Å². The second-order valence-corrected chi connectivity index (χ2v) is 6.17. The lowest BCUT2D eigenvalue weighted by atomic mass is 9.73. The average molecular weight is 314 g/mol. The van der Waals surface area contributed by atoms with Crippen LogP contribution in [-0.4, -0.2) is 21.3 Å². The van der Waals surface area contributed by atoms with E-state index < -0.39 is 5.97 Å². The van der Waals surface area contributed by atoms with Crippen molar-refractivity contribution < 1.29 is 20.1 Å². The van der Waals surface area contributed by atoms with E-state index in [9.17, 15) is 15.0 Å². The second kappa shape index (κ2) is 6.73. The minimum absolute atomic E-state index is 0.0303. The van der Waals surface area contributed by atoms with Crippen molar-refractivity contribution in [1.29, 1.82) is 0 Å². The molecule has 0 amide bonds. The molecular weight excluding hydrogens is 292 g/mol. The van der Waals surface area contributed by atoms with Gasteiger partial charge in [0.2, 0.25) is 0 Å². The Morgan fingerprint density at radius 2 is 1.91 bits per heavy atom. The van der Waals surface area contributed by atoms with Gasteiger partial charge in [-0.3, -0.25) is 0 Å². The molecule has 3 N–H and O–H groups in total. The Morgan fingerprint density at radius 3 is 2.43 bits per heavy atom. The van der Waals surface area contributed by atoms with Crippen LogP contribution in [0.15, 0.2) is 42.0 Å². The maximum Gasteiger partial charge on any atom is 0.328 e. The monoisotopic (exact) mass is 314 g/mol. The Kier molecular flexibility index (Phi) is 4.94. The van der Waals surface area contributed by atoms with Gasteiger partial charge in [-0.25, -0.2) is 4.79 Å². The molecule has 122 valence electrons. The van der Waals surface area contributed by atoms with E-state index in [1.54, 1.807) is 0 Å². The molecule has 4 nitrogen and oxygen atoms in total. The zero-order valence-corrected chi connectivity index (χ0v) is 13.4. The highest BCUT2D eigenvalue weighted by Gasteiger charge is 2.29. The fraction of sp³-hybridized carbons (Fsp3) is 0.316. The molecule has 0 radical (unpaired) electrons. The summed E-state index contributed by atoms with van der Waals surface area (Å²) in [6.07, 6.45) is 6.29. The van der Waals surface area contributed by atoms with Crippen molar-refractivity contribution >= 4 is 12.0 Å². The first-order valence-corrected chi connectivity index (χ1v) is 7.59. The molecule has 1 aromatic carbocycles. The number of phenolic OH excluding ortho intramolecular Hbond substituents is 2. The van der Waals surface area contributed by atoms with Crippen molar-refractivity contribution in [3.8, 4) is 11.5 Å². The van der Waals surface area contributed by atoms with Crippen LogP contribution in [0.3, 0.4) is 0 Å². The molecule has 1 aliphatic carbocycles. The summed E-state index contributed by atoms with van der Waals surface area (Å²) in [5.74, 6) is -1.11. The lowest BCUT2D eigenvalue weighted by molar-refractivity contribution is -0.131. The summed E-state index contributed by atoms with van der Waals surface area (Å²) >= 11 is 0. The van der Waals surface area contributed by atoms with E-state index in [-0.39, 0.29) is 23.3 Å². The van der Waals surface area contributed by atoms with E-state index in [0.717, 1.165) is 24.5 Å². The average Bonchev–Trinajstić information content (AvgIpc) is 2.44. The fourth-order valence-corrected chi connectivity index (χ4v) is 3.16. The van der Waals surface area contributed by atoms with Crippen molar-refractivity contribution in [2.75, 3.05) is 0 Å². The summed E-state index contributed by atoms with van der Waals surface area (Å²) in [4.78, 5) is 10.6. The molecule has 0 saturated heterocycles. The van der Waals surface area contributed by atoms with Crippen LogP contribution in [-0.2, 0) is 4.79 Å². The number of aliphatic carboxylic acids is 1. The molecule has 2 rings (SSSR count). The summed E-state index contributed by atoms with van der Waals surface area (Å²) in [5, 5.41) is 29.4. The van der Waals surface area contributed by atoms with E-state index in [1.165, 1.54) is 23.8 Å². The van der Waals surface area contributed by atoms with E-state index in [0.29, 0.717) is 11.1 Å². The predicted octanol–water partition coefficient (Wildman–Crippen LogP) is 4.21. The number of allylic oxidation sites excluding steroid dienone is 3. The van der Waals surface area contributed by atoms with Gasteiger partial charge in [-0.2, -0.15) is 0 Å². The lowest BCUT2D eigenvalue weighted by Gasteiger charge is -2.31. The van der Waals surface area contributed by atoms with Gasteiger partial charge in [-0.05, 0) is 56.4 Å². The Balaban J connectivity index is 2.47. The molecule has 0 bridgehead atoms. The molecule has 0 unspecified atom stereocenters. The van der Waals surface area contributed by atoms with Gasteiger partial charge in [-0.15, -0.1) is 0 Å². The zero-order chi connectivity index (χ0) is 17.1. The molecule has 0 aliphatic heterocycles. The maximum absolute atomic E-state index is 10.6. The van der Waals surface area contributed by atoms with Gasteiger partial charge >= 0.3 is 5.97 Å². The van der Waals surface area contributed by atoms with Crippen LogP contribution >= 0.6 is 0 Å². The van der Waals surface area contributed by atoms with Crippen molar-refractivity contribution in [3.05, 3.63) is 53.1 Å². The standard InChI is InChI=1S/C19H22O4/c1-11(2)14-6-4-12(3)8-15(14)19-16(20)9-13(10-17(19)21)5-7-18(22)23/h5,7-10,14-15,20-21H,1,4,6H2,2-3H3,(H,22,23)/b7-5-/t14-,15+/m0/s1. The van der Waals surface area contributed by atoms with E-state index in [2.05, 4.69) is 12.7 Å². The smallest absolute Gasteiger partial charge is 0.328 e. The van der Waals surface area contributed by atoms with Crippen molar-refractivity contribution in [1.82, 2.24) is 0 Å². The van der Waals surface area contributed by atoms with Gasteiger partial charge in [0.05, 0.1) is 0 Å². The highest BCUT2D eigenvalue weighted by molar-refractivity contribution is 5.85. The zero-order valence-electron chi connectivity index (χ0n) is 13.4. The number of carboxylic acid groups (broad SMARTS) is 1. The second-order valence-electron chi connectivity index (χ2n) is 6.17. The Morgan fingerprint density at radius 1 is 1.30 bits per heavy atom. The molecule has 0 aromatic heterocycles. The quantitative estimate of drug-likeness (QED) is 0.574.